The second kappa shape index (κ2) is 7.29. The van der Waals surface area contributed by atoms with Crippen molar-refractivity contribution in [2.75, 3.05) is 26.2 Å². The fourth-order valence-corrected chi connectivity index (χ4v) is 2.72. The first kappa shape index (κ1) is 14.0. The lowest BCUT2D eigenvalue weighted by molar-refractivity contribution is 0.122. The van der Waals surface area contributed by atoms with E-state index in [1.165, 1.54) is 64.7 Å². The number of rotatable bonds is 7. The lowest BCUT2D eigenvalue weighted by Crippen LogP contribution is -2.59. The minimum absolute atomic E-state index is 0.406. The largest absolute Gasteiger partial charge is 0.309 e. The monoisotopic (exact) mass is 226 g/mol. The molecule has 1 rings (SSSR count). The Morgan fingerprint density at radius 2 is 1.81 bits per heavy atom. The molecule has 1 aliphatic rings. The Balaban J connectivity index is 2.27. The third-order valence-corrected chi connectivity index (χ3v) is 4.14. The van der Waals surface area contributed by atoms with Crippen LogP contribution in [0.25, 0.3) is 0 Å². The van der Waals surface area contributed by atoms with E-state index in [0.29, 0.717) is 5.54 Å². The first-order valence-corrected chi connectivity index (χ1v) is 7.23. The maximum atomic E-state index is 3.72. The van der Waals surface area contributed by atoms with Crippen molar-refractivity contribution in [2.24, 2.45) is 0 Å². The van der Waals surface area contributed by atoms with E-state index in [9.17, 15) is 0 Å². The van der Waals surface area contributed by atoms with Gasteiger partial charge in [0.05, 0.1) is 0 Å². The third kappa shape index (κ3) is 4.06. The van der Waals surface area contributed by atoms with Crippen LogP contribution in [-0.2, 0) is 0 Å². The van der Waals surface area contributed by atoms with Crippen LogP contribution in [0.3, 0.4) is 0 Å². The highest BCUT2D eigenvalue weighted by Crippen LogP contribution is 2.20. The number of piperazine rings is 1. The number of nitrogens with zero attached hydrogens (tertiary/aromatic N) is 1. The molecule has 2 heteroatoms. The molecule has 0 aromatic rings. The second-order valence-electron chi connectivity index (χ2n) is 5.25. The molecule has 0 atom stereocenters. The van der Waals surface area contributed by atoms with Crippen molar-refractivity contribution in [2.45, 2.75) is 64.8 Å². The van der Waals surface area contributed by atoms with Gasteiger partial charge in [-0.25, -0.2) is 0 Å². The van der Waals surface area contributed by atoms with E-state index >= 15 is 0 Å². The first-order chi connectivity index (χ1) is 7.76. The van der Waals surface area contributed by atoms with Crippen LogP contribution in [-0.4, -0.2) is 36.6 Å². The quantitative estimate of drug-likeness (QED) is 0.671. The highest BCUT2D eigenvalue weighted by Gasteiger charge is 2.31. The topological polar surface area (TPSA) is 15.3 Å². The van der Waals surface area contributed by atoms with Crippen LogP contribution in [0.15, 0.2) is 0 Å². The number of hydrogen-bond donors (Lipinski definition) is 1. The Morgan fingerprint density at radius 3 is 2.44 bits per heavy atom. The van der Waals surface area contributed by atoms with Gasteiger partial charge in [0, 0.05) is 25.2 Å². The molecule has 0 saturated carbocycles. The highest BCUT2D eigenvalue weighted by atomic mass is 15.2. The molecule has 0 bridgehead atoms. The predicted molar refractivity (Wildman–Crippen MR) is 71.9 cm³/mol. The van der Waals surface area contributed by atoms with Gasteiger partial charge < -0.3 is 10.2 Å². The normalized spacial score (nSPS) is 21.2. The summed E-state index contributed by atoms with van der Waals surface area (Å²) in [7, 11) is 0. The Hall–Kier alpha value is -0.0800. The third-order valence-electron chi connectivity index (χ3n) is 4.14. The summed E-state index contributed by atoms with van der Waals surface area (Å²) in [6.07, 6.45) is 8.06. The van der Waals surface area contributed by atoms with Crippen molar-refractivity contribution >= 4 is 0 Å². The van der Waals surface area contributed by atoms with Gasteiger partial charge in [-0.15, -0.1) is 0 Å². The lowest BCUT2D eigenvalue weighted by atomic mass is 9.90. The summed E-state index contributed by atoms with van der Waals surface area (Å²) < 4.78 is 0. The molecule has 2 nitrogen and oxygen atoms in total. The Labute approximate surface area is 102 Å². The van der Waals surface area contributed by atoms with E-state index in [1.54, 1.807) is 0 Å². The van der Waals surface area contributed by atoms with E-state index in [2.05, 4.69) is 31.0 Å². The minimum Gasteiger partial charge on any atom is -0.309 e. The van der Waals surface area contributed by atoms with Gasteiger partial charge in [0.15, 0.2) is 0 Å². The van der Waals surface area contributed by atoms with Crippen molar-refractivity contribution < 1.29 is 0 Å². The van der Waals surface area contributed by atoms with Crippen LogP contribution in [0.4, 0.5) is 0 Å². The van der Waals surface area contributed by atoms with Crippen molar-refractivity contribution in [1.82, 2.24) is 10.2 Å². The van der Waals surface area contributed by atoms with Crippen molar-refractivity contribution in [3.8, 4) is 0 Å². The molecule has 0 aromatic carbocycles. The molecule has 0 aliphatic carbocycles. The van der Waals surface area contributed by atoms with Gasteiger partial charge in [0.1, 0.15) is 0 Å². The van der Waals surface area contributed by atoms with Crippen molar-refractivity contribution in [3.63, 3.8) is 0 Å². The van der Waals surface area contributed by atoms with E-state index in [4.69, 9.17) is 0 Å². The molecule has 1 N–H and O–H groups in total. The van der Waals surface area contributed by atoms with Gasteiger partial charge in [-0.2, -0.15) is 0 Å². The number of unbranched alkanes of at least 4 members (excludes halogenated alkanes) is 3. The summed E-state index contributed by atoms with van der Waals surface area (Å²) in [4.78, 5) is 2.67. The van der Waals surface area contributed by atoms with E-state index < -0.39 is 0 Å². The molecule has 0 radical (unpaired) electrons. The van der Waals surface area contributed by atoms with Gasteiger partial charge >= 0.3 is 0 Å². The zero-order chi connectivity index (χ0) is 11.9. The predicted octanol–water partition coefficient (Wildman–Crippen LogP) is 3.03. The highest BCUT2D eigenvalue weighted by molar-refractivity contribution is 4.92. The molecule has 0 aromatic heterocycles. The van der Waals surface area contributed by atoms with Crippen molar-refractivity contribution in [3.05, 3.63) is 0 Å². The van der Waals surface area contributed by atoms with E-state index in [0.717, 1.165) is 0 Å². The Bertz CT molecular complexity index is 176. The Kier molecular flexibility index (Phi) is 6.37. The standard InChI is InChI=1S/C14H30N2/c1-4-7-8-9-11-16-12-10-15-14(5-2,6-3)13-16/h15H,4-13H2,1-3H3. The molecule has 0 amide bonds. The van der Waals surface area contributed by atoms with Crippen LogP contribution in [0, 0.1) is 0 Å². The molecule has 1 heterocycles. The fraction of sp³-hybridized carbons (Fsp3) is 1.00. The molecule has 0 spiro atoms. The summed E-state index contributed by atoms with van der Waals surface area (Å²) in [5.74, 6) is 0. The zero-order valence-electron chi connectivity index (χ0n) is 11.5. The number of nitrogens with one attached hydrogen (secondary N) is 1. The van der Waals surface area contributed by atoms with Crippen LogP contribution in [0.1, 0.15) is 59.3 Å². The second-order valence-corrected chi connectivity index (χ2v) is 5.25. The number of hydrogen-bond acceptors (Lipinski definition) is 2. The molecule has 1 saturated heterocycles. The van der Waals surface area contributed by atoms with Gasteiger partial charge in [-0.3, -0.25) is 0 Å². The maximum absolute atomic E-state index is 3.72. The van der Waals surface area contributed by atoms with Gasteiger partial charge in [-0.05, 0) is 25.8 Å². The minimum atomic E-state index is 0.406. The summed E-state index contributed by atoms with van der Waals surface area (Å²) in [6, 6.07) is 0. The van der Waals surface area contributed by atoms with E-state index in [1.807, 2.05) is 0 Å². The maximum Gasteiger partial charge on any atom is 0.0304 e. The summed E-state index contributed by atoms with van der Waals surface area (Å²) >= 11 is 0. The summed E-state index contributed by atoms with van der Waals surface area (Å²) in [5.41, 5.74) is 0.406. The summed E-state index contributed by atoms with van der Waals surface area (Å²) in [6.45, 7) is 11.9. The molecular weight excluding hydrogens is 196 g/mol. The van der Waals surface area contributed by atoms with Gasteiger partial charge in [0.2, 0.25) is 0 Å². The average Bonchev–Trinajstić information content (AvgIpc) is 2.35. The van der Waals surface area contributed by atoms with E-state index in [-0.39, 0.29) is 0 Å². The van der Waals surface area contributed by atoms with Gasteiger partial charge in [0.25, 0.3) is 0 Å². The average molecular weight is 226 g/mol. The van der Waals surface area contributed by atoms with Crippen LogP contribution in [0.5, 0.6) is 0 Å². The van der Waals surface area contributed by atoms with Crippen LogP contribution >= 0.6 is 0 Å². The smallest absolute Gasteiger partial charge is 0.0304 e. The molecule has 1 fully saturated rings. The zero-order valence-corrected chi connectivity index (χ0v) is 11.5. The fourth-order valence-electron chi connectivity index (χ4n) is 2.72. The van der Waals surface area contributed by atoms with Crippen molar-refractivity contribution in [1.29, 1.82) is 0 Å². The van der Waals surface area contributed by atoms with Crippen LogP contribution < -0.4 is 5.32 Å². The summed E-state index contributed by atoms with van der Waals surface area (Å²) in [5, 5.41) is 3.72. The SMILES string of the molecule is CCCCCCN1CCNC(CC)(CC)C1. The molecular formula is C14H30N2. The molecule has 1 aliphatic heterocycles. The lowest BCUT2D eigenvalue weighted by Gasteiger charge is -2.43. The first-order valence-electron chi connectivity index (χ1n) is 7.23. The molecule has 0 unspecified atom stereocenters. The van der Waals surface area contributed by atoms with Gasteiger partial charge in [-0.1, -0.05) is 40.0 Å². The molecule has 16 heavy (non-hydrogen) atoms. The van der Waals surface area contributed by atoms with Crippen LogP contribution in [0.2, 0.25) is 0 Å². The molecule has 96 valence electrons. The Morgan fingerprint density at radius 1 is 1.06 bits per heavy atom.